The summed E-state index contributed by atoms with van der Waals surface area (Å²) < 4.78 is 17.8. The van der Waals surface area contributed by atoms with Gasteiger partial charge in [-0.1, -0.05) is 30.3 Å². The lowest BCUT2D eigenvalue weighted by Crippen LogP contribution is -2.56. The van der Waals surface area contributed by atoms with Crippen LogP contribution in [0.25, 0.3) is 0 Å². The molecular weight excluding hydrogens is 221 g/mol. The topological polar surface area (TPSA) is 38.3 Å². The predicted molar refractivity (Wildman–Crippen MR) is 62.3 cm³/mol. The Hall–Kier alpha value is -1.58. The molecule has 92 valence electrons. The fraction of sp³-hybridized carbons (Fsp3) is 0.462. The molecule has 4 heteroatoms. The van der Waals surface area contributed by atoms with Gasteiger partial charge in [0.2, 0.25) is 0 Å². The first-order valence-corrected chi connectivity index (χ1v) is 5.70. The summed E-state index contributed by atoms with van der Waals surface area (Å²) in [6.45, 7) is 2.06. The minimum absolute atomic E-state index is 0.238. The molecule has 0 radical (unpaired) electrons. The van der Waals surface area contributed by atoms with E-state index in [-0.39, 0.29) is 6.61 Å². The Balaban J connectivity index is 1.75. The highest BCUT2D eigenvalue weighted by atomic mass is 19.1. The zero-order valence-corrected chi connectivity index (χ0v) is 9.78. The lowest BCUT2D eigenvalue weighted by Gasteiger charge is -2.41. The number of hydrogen-bond donors (Lipinski definition) is 1. The first-order valence-electron chi connectivity index (χ1n) is 5.70. The monoisotopic (exact) mass is 237 g/mol. The Labute approximate surface area is 100.0 Å². The van der Waals surface area contributed by atoms with Crippen LogP contribution >= 0.6 is 0 Å². The van der Waals surface area contributed by atoms with Crippen LogP contribution in [-0.4, -0.2) is 17.8 Å². The van der Waals surface area contributed by atoms with Crippen molar-refractivity contribution in [2.75, 3.05) is 0 Å². The van der Waals surface area contributed by atoms with Gasteiger partial charge >= 0.3 is 6.09 Å². The summed E-state index contributed by atoms with van der Waals surface area (Å²) in [6.07, 6.45) is -0.543. The van der Waals surface area contributed by atoms with Crippen molar-refractivity contribution in [3.8, 4) is 0 Å². The van der Waals surface area contributed by atoms with Crippen molar-refractivity contribution in [2.24, 2.45) is 0 Å². The van der Waals surface area contributed by atoms with Crippen LogP contribution in [-0.2, 0) is 11.3 Å². The molecule has 1 fully saturated rings. The van der Waals surface area contributed by atoms with Gasteiger partial charge in [0.15, 0.2) is 0 Å². The number of halogens is 1. The number of alkyl halides is 1. The molecule has 1 N–H and O–H groups in total. The molecular formula is C13H16FNO2. The van der Waals surface area contributed by atoms with Crippen molar-refractivity contribution in [3.63, 3.8) is 0 Å². The van der Waals surface area contributed by atoms with Crippen LogP contribution in [0.15, 0.2) is 30.3 Å². The van der Waals surface area contributed by atoms with E-state index in [1.54, 1.807) is 0 Å². The molecule has 1 aromatic rings. The number of carbonyl (C=O) groups is 1. The number of hydrogen-bond acceptors (Lipinski definition) is 2. The Morgan fingerprint density at radius 1 is 1.47 bits per heavy atom. The van der Waals surface area contributed by atoms with Gasteiger partial charge in [0, 0.05) is 18.4 Å². The number of carbonyl (C=O) groups excluding carboxylic acids is 1. The van der Waals surface area contributed by atoms with Crippen molar-refractivity contribution < 1.29 is 13.9 Å². The molecule has 1 aliphatic rings. The first kappa shape index (κ1) is 11.9. The summed E-state index contributed by atoms with van der Waals surface area (Å²) in [5, 5.41) is 2.69. The predicted octanol–water partition coefficient (Wildman–Crippen LogP) is 2.80. The standard InChI is InChI=1S/C13H16FNO2/c1-13(7-11(14)8-13)15-12(16)17-9-10-5-3-2-4-6-10/h2-6,11H,7-9H2,1H3,(H,15,16). The molecule has 1 amide bonds. The Morgan fingerprint density at radius 3 is 2.71 bits per heavy atom. The molecule has 17 heavy (non-hydrogen) atoms. The molecule has 1 aliphatic carbocycles. The lowest BCUT2D eigenvalue weighted by atomic mass is 9.77. The molecule has 0 atom stereocenters. The van der Waals surface area contributed by atoms with Crippen molar-refractivity contribution in [1.29, 1.82) is 0 Å². The maximum Gasteiger partial charge on any atom is 0.407 e. The van der Waals surface area contributed by atoms with Gasteiger partial charge in [0.1, 0.15) is 12.8 Å². The smallest absolute Gasteiger partial charge is 0.407 e. The highest BCUT2D eigenvalue weighted by Crippen LogP contribution is 2.34. The van der Waals surface area contributed by atoms with Crippen LogP contribution in [0.4, 0.5) is 9.18 Å². The second-order valence-electron chi connectivity index (χ2n) is 4.75. The van der Waals surface area contributed by atoms with Crippen molar-refractivity contribution in [2.45, 2.75) is 38.1 Å². The van der Waals surface area contributed by atoms with Crippen molar-refractivity contribution in [1.82, 2.24) is 5.32 Å². The summed E-state index contributed by atoms with van der Waals surface area (Å²) in [6, 6.07) is 9.45. The third-order valence-electron chi connectivity index (χ3n) is 2.96. The second kappa shape index (κ2) is 4.73. The number of benzene rings is 1. The van der Waals surface area contributed by atoms with Crippen LogP contribution in [0.1, 0.15) is 25.3 Å². The van der Waals surface area contributed by atoms with Gasteiger partial charge in [0.25, 0.3) is 0 Å². The molecule has 0 spiro atoms. The van der Waals surface area contributed by atoms with E-state index in [9.17, 15) is 9.18 Å². The number of alkyl carbamates (subject to hydrolysis) is 1. The fourth-order valence-electron chi connectivity index (χ4n) is 2.03. The fourth-order valence-corrected chi connectivity index (χ4v) is 2.03. The zero-order chi connectivity index (χ0) is 12.3. The molecule has 0 heterocycles. The van der Waals surface area contributed by atoms with Gasteiger partial charge in [0.05, 0.1) is 0 Å². The van der Waals surface area contributed by atoms with Crippen molar-refractivity contribution in [3.05, 3.63) is 35.9 Å². The van der Waals surface area contributed by atoms with E-state index in [0.717, 1.165) is 5.56 Å². The Morgan fingerprint density at radius 2 is 2.12 bits per heavy atom. The van der Waals surface area contributed by atoms with Gasteiger partial charge in [-0.2, -0.15) is 0 Å². The zero-order valence-electron chi connectivity index (χ0n) is 9.78. The molecule has 0 saturated heterocycles. The highest BCUT2D eigenvalue weighted by molar-refractivity contribution is 5.68. The third kappa shape index (κ3) is 3.19. The SMILES string of the molecule is CC1(NC(=O)OCc2ccccc2)CC(F)C1. The van der Waals surface area contributed by atoms with Crippen LogP contribution in [0.2, 0.25) is 0 Å². The van der Waals surface area contributed by atoms with Crippen LogP contribution in [0.5, 0.6) is 0 Å². The van der Waals surface area contributed by atoms with Gasteiger partial charge in [-0.3, -0.25) is 0 Å². The van der Waals surface area contributed by atoms with E-state index >= 15 is 0 Å². The molecule has 0 unspecified atom stereocenters. The Kier molecular flexibility index (Phi) is 3.31. The van der Waals surface area contributed by atoms with Crippen LogP contribution in [0, 0.1) is 0 Å². The summed E-state index contributed by atoms with van der Waals surface area (Å²) in [4.78, 5) is 11.5. The second-order valence-corrected chi connectivity index (χ2v) is 4.75. The number of rotatable bonds is 3. The largest absolute Gasteiger partial charge is 0.445 e. The van der Waals surface area contributed by atoms with Crippen LogP contribution < -0.4 is 5.32 Å². The maximum atomic E-state index is 12.7. The average Bonchev–Trinajstić information content (AvgIpc) is 2.26. The van der Waals surface area contributed by atoms with Crippen molar-refractivity contribution >= 4 is 6.09 Å². The number of ether oxygens (including phenoxy) is 1. The maximum absolute atomic E-state index is 12.7. The normalized spacial score (nSPS) is 27.1. The highest BCUT2D eigenvalue weighted by Gasteiger charge is 2.42. The molecule has 2 rings (SSSR count). The first-order chi connectivity index (χ1) is 8.07. The van der Waals surface area contributed by atoms with E-state index < -0.39 is 17.8 Å². The van der Waals surface area contributed by atoms with E-state index in [1.165, 1.54) is 0 Å². The summed E-state index contributed by atoms with van der Waals surface area (Å²) in [7, 11) is 0. The summed E-state index contributed by atoms with van der Waals surface area (Å²) in [5.41, 5.74) is 0.498. The molecule has 1 aromatic carbocycles. The minimum Gasteiger partial charge on any atom is -0.445 e. The quantitative estimate of drug-likeness (QED) is 0.877. The van der Waals surface area contributed by atoms with E-state index in [0.29, 0.717) is 12.8 Å². The van der Waals surface area contributed by atoms with Gasteiger partial charge in [-0.15, -0.1) is 0 Å². The number of nitrogens with one attached hydrogen (secondary N) is 1. The molecule has 0 bridgehead atoms. The van der Waals surface area contributed by atoms with E-state index in [4.69, 9.17) is 4.74 Å². The minimum atomic E-state index is -0.797. The Bertz CT molecular complexity index is 388. The van der Waals surface area contributed by atoms with Gasteiger partial charge in [-0.25, -0.2) is 9.18 Å². The van der Waals surface area contributed by atoms with Gasteiger partial charge in [-0.05, 0) is 12.5 Å². The van der Waals surface area contributed by atoms with E-state index in [1.807, 2.05) is 37.3 Å². The third-order valence-corrected chi connectivity index (χ3v) is 2.96. The lowest BCUT2D eigenvalue weighted by molar-refractivity contribution is 0.0661. The molecule has 0 aromatic heterocycles. The number of amides is 1. The summed E-state index contributed by atoms with van der Waals surface area (Å²) >= 11 is 0. The van der Waals surface area contributed by atoms with Gasteiger partial charge < -0.3 is 10.1 Å². The molecule has 0 aliphatic heterocycles. The molecule has 1 saturated carbocycles. The molecule has 3 nitrogen and oxygen atoms in total. The van der Waals surface area contributed by atoms with E-state index in [2.05, 4.69) is 5.32 Å². The van der Waals surface area contributed by atoms with Crippen LogP contribution in [0.3, 0.4) is 0 Å². The average molecular weight is 237 g/mol. The summed E-state index contributed by atoms with van der Waals surface area (Å²) in [5.74, 6) is 0.